The predicted molar refractivity (Wildman–Crippen MR) is 98.7 cm³/mol. The zero-order chi connectivity index (χ0) is 17.5. The molecule has 6 nitrogen and oxygen atoms in total. The number of anilines is 2. The van der Waals surface area contributed by atoms with Gasteiger partial charge in [-0.05, 0) is 36.2 Å². The van der Waals surface area contributed by atoms with Crippen molar-refractivity contribution in [2.75, 3.05) is 19.0 Å². The van der Waals surface area contributed by atoms with E-state index in [-0.39, 0.29) is 5.91 Å². The molecule has 1 amide bonds. The minimum Gasteiger partial charge on any atom is -0.497 e. The van der Waals surface area contributed by atoms with Crippen LogP contribution in [0.4, 0.5) is 10.9 Å². The molecule has 0 aliphatic heterocycles. The average molecular weight is 354 g/mol. The Bertz CT molecular complexity index is 819. The molecular formula is C18H18N4O2S. The van der Waals surface area contributed by atoms with Crippen LogP contribution in [0.3, 0.4) is 0 Å². The van der Waals surface area contributed by atoms with Crippen molar-refractivity contribution >= 4 is 28.2 Å². The van der Waals surface area contributed by atoms with E-state index in [0.717, 1.165) is 17.7 Å². The van der Waals surface area contributed by atoms with E-state index >= 15 is 0 Å². The van der Waals surface area contributed by atoms with E-state index in [1.54, 1.807) is 18.7 Å². The van der Waals surface area contributed by atoms with Crippen molar-refractivity contribution in [3.05, 3.63) is 65.3 Å². The molecular weight excluding hydrogens is 336 g/mol. The molecule has 0 saturated carbocycles. The van der Waals surface area contributed by atoms with Gasteiger partial charge < -0.3 is 15.4 Å². The molecule has 1 aromatic carbocycles. The van der Waals surface area contributed by atoms with Gasteiger partial charge in [0.25, 0.3) is 5.91 Å². The molecule has 25 heavy (non-hydrogen) atoms. The number of rotatable bonds is 7. The first-order valence-corrected chi connectivity index (χ1v) is 8.67. The zero-order valence-electron chi connectivity index (χ0n) is 13.7. The maximum absolute atomic E-state index is 12.2. The van der Waals surface area contributed by atoms with Gasteiger partial charge in [-0.25, -0.2) is 9.97 Å². The highest BCUT2D eigenvalue weighted by atomic mass is 32.1. The lowest BCUT2D eigenvalue weighted by Gasteiger charge is -2.05. The van der Waals surface area contributed by atoms with Crippen LogP contribution in [-0.2, 0) is 6.42 Å². The van der Waals surface area contributed by atoms with Crippen molar-refractivity contribution in [3.8, 4) is 5.75 Å². The van der Waals surface area contributed by atoms with E-state index in [1.807, 2.05) is 42.5 Å². The zero-order valence-corrected chi connectivity index (χ0v) is 14.5. The van der Waals surface area contributed by atoms with Crippen LogP contribution in [0, 0.1) is 0 Å². The maximum Gasteiger partial charge on any atom is 0.270 e. The number of pyridine rings is 1. The number of nitrogens with zero attached hydrogens (tertiary/aromatic N) is 2. The summed E-state index contributed by atoms with van der Waals surface area (Å²) in [6, 6.07) is 13.4. The van der Waals surface area contributed by atoms with Gasteiger partial charge >= 0.3 is 0 Å². The van der Waals surface area contributed by atoms with Crippen LogP contribution in [0.2, 0.25) is 0 Å². The Kier molecular flexibility index (Phi) is 5.58. The summed E-state index contributed by atoms with van der Waals surface area (Å²) in [5, 5.41) is 8.33. The summed E-state index contributed by atoms with van der Waals surface area (Å²) in [6.45, 7) is 0.547. The number of aromatic nitrogens is 2. The molecule has 0 fully saturated rings. The molecule has 2 aromatic heterocycles. The summed E-state index contributed by atoms with van der Waals surface area (Å²) in [4.78, 5) is 20.6. The Balaban J connectivity index is 1.49. The molecule has 128 valence electrons. The second-order valence-electron chi connectivity index (χ2n) is 5.23. The van der Waals surface area contributed by atoms with Gasteiger partial charge in [0.2, 0.25) is 0 Å². The molecule has 0 radical (unpaired) electrons. The van der Waals surface area contributed by atoms with Gasteiger partial charge in [-0.1, -0.05) is 18.2 Å². The molecule has 3 rings (SSSR count). The standard InChI is InChI=1S/C18H18N4O2S/c1-24-14-7-5-13(6-8-14)9-11-20-17(23)15-12-25-18(21-15)22-16-4-2-3-10-19-16/h2-8,10,12H,9,11H2,1H3,(H,20,23)(H,19,21,22). The highest BCUT2D eigenvalue weighted by Crippen LogP contribution is 2.19. The SMILES string of the molecule is COc1ccc(CCNC(=O)c2csc(Nc3ccccn3)n2)cc1. The summed E-state index contributed by atoms with van der Waals surface area (Å²) in [5.74, 6) is 1.34. The fourth-order valence-electron chi connectivity index (χ4n) is 2.18. The van der Waals surface area contributed by atoms with Crippen molar-refractivity contribution in [3.63, 3.8) is 0 Å². The van der Waals surface area contributed by atoms with Gasteiger partial charge in [-0.2, -0.15) is 0 Å². The summed E-state index contributed by atoms with van der Waals surface area (Å²) in [6.07, 6.45) is 2.45. The molecule has 0 atom stereocenters. The van der Waals surface area contributed by atoms with Crippen molar-refractivity contribution in [1.29, 1.82) is 0 Å². The minimum absolute atomic E-state index is 0.182. The number of methoxy groups -OCH3 is 1. The Morgan fingerprint density at radius 1 is 1.20 bits per heavy atom. The monoisotopic (exact) mass is 354 g/mol. The largest absolute Gasteiger partial charge is 0.497 e. The smallest absolute Gasteiger partial charge is 0.270 e. The van der Waals surface area contributed by atoms with Crippen LogP contribution < -0.4 is 15.4 Å². The fourth-order valence-corrected chi connectivity index (χ4v) is 2.88. The summed E-state index contributed by atoms with van der Waals surface area (Å²) in [5.41, 5.74) is 1.54. The van der Waals surface area contributed by atoms with E-state index in [1.165, 1.54) is 11.3 Å². The number of carbonyl (C=O) groups is 1. The van der Waals surface area contributed by atoms with Crippen LogP contribution >= 0.6 is 11.3 Å². The first-order valence-electron chi connectivity index (χ1n) is 7.79. The maximum atomic E-state index is 12.2. The van der Waals surface area contributed by atoms with Crippen LogP contribution in [-0.4, -0.2) is 29.5 Å². The van der Waals surface area contributed by atoms with Crippen molar-refractivity contribution in [2.24, 2.45) is 0 Å². The highest BCUT2D eigenvalue weighted by molar-refractivity contribution is 7.14. The molecule has 2 heterocycles. The van der Waals surface area contributed by atoms with Crippen molar-refractivity contribution in [1.82, 2.24) is 15.3 Å². The molecule has 0 spiro atoms. The minimum atomic E-state index is -0.182. The summed E-state index contributed by atoms with van der Waals surface area (Å²) < 4.78 is 5.13. The lowest BCUT2D eigenvalue weighted by atomic mass is 10.1. The molecule has 0 aliphatic carbocycles. The van der Waals surface area contributed by atoms with E-state index in [4.69, 9.17) is 4.74 Å². The molecule has 7 heteroatoms. The number of hydrogen-bond acceptors (Lipinski definition) is 6. The summed E-state index contributed by atoms with van der Waals surface area (Å²) >= 11 is 1.37. The van der Waals surface area contributed by atoms with Crippen molar-refractivity contribution < 1.29 is 9.53 Å². The van der Waals surface area contributed by atoms with E-state index in [0.29, 0.717) is 23.2 Å². The first-order chi connectivity index (χ1) is 12.2. The van der Waals surface area contributed by atoms with Gasteiger partial charge in [0.1, 0.15) is 17.3 Å². The third-order valence-electron chi connectivity index (χ3n) is 3.50. The van der Waals surface area contributed by atoms with Crippen molar-refractivity contribution in [2.45, 2.75) is 6.42 Å². The molecule has 3 aromatic rings. The highest BCUT2D eigenvalue weighted by Gasteiger charge is 2.10. The molecule has 0 saturated heterocycles. The molecule has 0 aliphatic rings. The normalized spacial score (nSPS) is 10.3. The topological polar surface area (TPSA) is 76.1 Å². The van der Waals surface area contributed by atoms with Gasteiger partial charge in [0.05, 0.1) is 7.11 Å². The second-order valence-corrected chi connectivity index (χ2v) is 6.09. The predicted octanol–water partition coefficient (Wildman–Crippen LogP) is 3.26. The van der Waals surface area contributed by atoms with Crippen LogP contribution in [0.1, 0.15) is 16.1 Å². The fraction of sp³-hybridized carbons (Fsp3) is 0.167. The number of amides is 1. The lowest BCUT2D eigenvalue weighted by molar-refractivity contribution is 0.0950. The number of benzene rings is 1. The number of hydrogen-bond donors (Lipinski definition) is 2. The first kappa shape index (κ1) is 16.9. The van der Waals surface area contributed by atoms with E-state index in [9.17, 15) is 4.79 Å². The van der Waals surface area contributed by atoms with E-state index < -0.39 is 0 Å². The number of carbonyl (C=O) groups excluding carboxylic acids is 1. The van der Waals surface area contributed by atoms with Crippen LogP contribution in [0.15, 0.2) is 54.0 Å². The van der Waals surface area contributed by atoms with Gasteiger partial charge in [-0.15, -0.1) is 11.3 Å². The van der Waals surface area contributed by atoms with E-state index in [2.05, 4.69) is 20.6 Å². The number of ether oxygens (including phenoxy) is 1. The lowest BCUT2D eigenvalue weighted by Crippen LogP contribution is -2.25. The Morgan fingerprint density at radius 2 is 2.04 bits per heavy atom. The Morgan fingerprint density at radius 3 is 2.76 bits per heavy atom. The number of nitrogens with one attached hydrogen (secondary N) is 2. The Hall–Kier alpha value is -2.93. The third kappa shape index (κ3) is 4.77. The molecule has 0 bridgehead atoms. The summed E-state index contributed by atoms with van der Waals surface area (Å²) in [7, 11) is 1.64. The quantitative estimate of drug-likeness (QED) is 0.681. The van der Waals surface area contributed by atoms with Gasteiger partial charge in [0, 0.05) is 18.1 Å². The van der Waals surface area contributed by atoms with Gasteiger partial charge in [-0.3, -0.25) is 4.79 Å². The number of thiazole rings is 1. The third-order valence-corrected chi connectivity index (χ3v) is 4.25. The average Bonchev–Trinajstić information content (AvgIpc) is 3.12. The molecule has 0 unspecified atom stereocenters. The van der Waals surface area contributed by atoms with Crippen LogP contribution in [0.5, 0.6) is 5.75 Å². The van der Waals surface area contributed by atoms with Crippen LogP contribution in [0.25, 0.3) is 0 Å². The Labute approximate surface area is 149 Å². The molecule has 2 N–H and O–H groups in total. The van der Waals surface area contributed by atoms with Gasteiger partial charge in [0.15, 0.2) is 5.13 Å². The second kappa shape index (κ2) is 8.25.